The molecule has 4 nitrogen and oxygen atoms in total. The van der Waals surface area contributed by atoms with Gasteiger partial charge in [0.2, 0.25) is 0 Å². The maximum atomic E-state index is 12.9. The first-order valence-corrected chi connectivity index (χ1v) is 8.93. The van der Waals surface area contributed by atoms with Crippen molar-refractivity contribution < 1.29 is 14.3 Å². The molecule has 0 aromatic heterocycles. The third-order valence-electron chi connectivity index (χ3n) is 4.63. The highest BCUT2D eigenvalue weighted by molar-refractivity contribution is 6.40. The smallest absolute Gasteiger partial charge is 0.319 e. The predicted octanol–water partition coefficient (Wildman–Crippen LogP) is 5.07. The Morgan fingerprint density at radius 1 is 1.31 bits per heavy atom. The molecule has 138 valence electrons. The van der Waals surface area contributed by atoms with Gasteiger partial charge in [-0.2, -0.15) is 0 Å². The van der Waals surface area contributed by atoms with Gasteiger partial charge in [-0.25, -0.2) is 9.18 Å². The molecular formula is C19H19Cl2FN2O2. The van der Waals surface area contributed by atoms with Crippen LogP contribution in [0.1, 0.15) is 36.6 Å². The maximum Gasteiger partial charge on any atom is 0.319 e. The fourth-order valence-corrected chi connectivity index (χ4v) is 3.76. The zero-order valence-corrected chi connectivity index (χ0v) is 15.9. The number of halogens is 3. The summed E-state index contributed by atoms with van der Waals surface area (Å²) in [7, 11) is 0. The molecule has 0 bridgehead atoms. The van der Waals surface area contributed by atoms with Crippen molar-refractivity contribution >= 4 is 34.9 Å². The SMILES string of the molecule is CC1(C)Cc2c(cc(Cl)c(NC(=O)NCc3ccc(F)cc3)c2Cl)C1O. The Morgan fingerprint density at radius 3 is 2.62 bits per heavy atom. The van der Waals surface area contributed by atoms with E-state index in [9.17, 15) is 14.3 Å². The van der Waals surface area contributed by atoms with Gasteiger partial charge in [0.1, 0.15) is 5.82 Å². The van der Waals surface area contributed by atoms with Gasteiger partial charge < -0.3 is 15.7 Å². The second-order valence-electron chi connectivity index (χ2n) is 7.12. The standard InChI is InChI=1S/C19H19Cl2FN2O2/c1-19(2)8-13-12(17(19)25)7-14(20)16(15(13)21)24-18(26)23-9-10-3-5-11(22)6-4-10/h3-7,17,25H,8-9H2,1-2H3,(H2,23,24,26). The number of amides is 2. The van der Waals surface area contributed by atoms with Crippen LogP contribution in [0.4, 0.5) is 14.9 Å². The minimum absolute atomic E-state index is 0.234. The number of hydrogen-bond acceptors (Lipinski definition) is 2. The number of aliphatic hydroxyl groups excluding tert-OH is 1. The quantitative estimate of drug-likeness (QED) is 0.677. The molecule has 2 aromatic rings. The minimum Gasteiger partial charge on any atom is -0.388 e. The van der Waals surface area contributed by atoms with Crippen LogP contribution in [-0.2, 0) is 13.0 Å². The van der Waals surface area contributed by atoms with Crippen LogP contribution in [0.15, 0.2) is 30.3 Å². The Balaban J connectivity index is 1.74. The van der Waals surface area contributed by atoms with Gasteiger partial charge in [0, 0.05) is 6.54 Å². The summed E-state index contributed by atoms with van der Waals surface area (Å²) in [5, 5.41) is 16.4. The highest BCUT2D eigenvalue weighted by Gasteiger charge is 2.40. The number of rotatable bonds is 3. The second-order valence-corrected chi connectivity index (χ2v) is 7.90. The van der Waals surface area contributed by atoms with Crippen molar-refractivity contribution in [3.8, 4) is 0 Å². The molecule has 2 amide bonds. The topological polar surface area (TPSA) is 61.4 Å². The van der Waals surface area contributed by atoms with Gasteiger partial charge in [-0.1, -0.05) is 49.2 Å². The lowest BCUT2D eigenvalue weighted by atomic mass is 9.88. The van der Waals surface area contributed by atoms with Crippen LogP contribution in [-0.4, -0.2) is 11.1 Å². The number of anilines is 1. The third-order valence-corrected chi connectivity index (χ3v) is 5.34. The molecule has 2 aromatic carbocycles. The van der Waals surface area contributed by atoms with E-state index in [1.807, 2.05) is 13.8 Å². The molecule has 0 heterocycles. The number of nitrogens with one attached hydrogen (secondary N) is 2. The van der Waals surface area contributed by atoms with Gasteiger partial charge in [-0.3, -0.25) is 0 Å². The summed E-state index contributed by atoms with van der Waals surface area (Å²) in [5.41, 5.74) is 2.22. The van der Waals surface area contributed by atoms with Crippen LogP contribution in [0.25, 0.3) is 0 Å². The van der Waals surface area contributed by atoms with Crippen molar-refractivity contribution in [3.63, 3.8) is 0 Å². The van der Waals surface area contributed by atoms with E-state index in [0.717, 1.165) is 11.1 Å². The van der Waals surface area contributed by atoms with Crippen molar-refractivity contribution in [2.75, 3.05) is 5.32 Å². The van der Waals surface area contributed by atoms with Crippen LogP contribution in [0.3, 0.4) is 0 Å². The molecule has 1 aliphatic carbocycles. The first-order valence-electron chi connectivity index (χ1n) is 8.17. The Labute approximate surface area is 161 Å². The monoisotopic (exact) mass is 396 g/mol. The number of aliphatic hydroxyl groups is 1. The number of carbonyl (C=O) groups is 1. The minimum atomic E-state index is -0.658. The largest absolute Gasteiger partial charge is 0.388 e. The van der Waals surface area contributed by atoms with E-state index in [4.69, 9.17) is 23.2 Å². The van der Waals surface area contributed by atoms with Crippen molar-refractivity contribution in [1.82, 2.24) is 5.32 Å². The normalized spacial score (nSPS) is 17.7. The number of benzene rings is 2. The average Bonchev–Trinajstić information content (AvgIpc) is 2.81. The van der Waals surface area contributed by atoms with Gasteiger partial charge in [0.25, 0.3) is 0 Å². The number of urea groups is 1. The summed E-state index contributed by atoms with van der Waals surface area (Å²) in [6.07, 6.45) is -0.0698. The first kappa shape index (κ1) is 19.0. The lowest BCUT2D eigenvalue weighted by Gasteiger charge is -2.22. The summed E-state index contributed by atoms with van der Waals surface area (Å²) in [6, 6.07) is 7.02. The summed E-state index contributed by atoms with van der Waals surface area (Å²) in [5.74, 6) is -0.333. The fourth-order valence-electron chi connectivity index (χ4n) is 3.13. The average molecular weight is 397 g/mol. The van der Waals surface area contributed by atoms with E-state index in [2.05, 4.69) is 10.6 Å². The van der Waals surface area contributed by atoms with E-state index in [1.54, 1.807) is 18.2 Å². The molecule has 1 unspecified atom stereocenters. The van der Waals surface area contributed by atoms with E-state index < -0.39 is 12.1 Å². The molecule has 0 spiro atoms. The van der Waals surface area contributed by atoms with Crippen molar-refractivity contribution in [2.24, 2.45) is 5.41 Å². The highest BCUT2D eigenvalue weighted by Crippen LogP contribution is 2.50. The molecular weight excluding hydrogens is 378 g/mol. The van der Waals surface area contributed by atoms with Crippen molar-refractivity contribution in [2.45, 2.75) is 32.9 Å². The third kappa shape index (κ3) is 3.65. The molecule has 3 rings (SSSR count). The van der Waals surface area contributed by atoms with Crippen molar-refractivity contribution in [3.05, 3.63) is 62.9 Å². The van der Waals surface area contributed by atoms with Crippen molar-refractivity contribution in [1.29, 1.82) is 0 Å². The molecule has 0 saturated heterocycles. The Bertz CT molecular complexity index is 854. The predicted molar refractivity (Wildman–Crippen MR) is 101 cm³/mol. The van der Waals surface area contributed by atoms with Gasteiger partial charge in [0.15, 0.2) is 0 Å². The zero-order chi connectivity index (χ0) is 19.1. The van der Waals surface area contributed by atoms with E-state index in [1.165, 1.54) is 12.1 Å². The molecule has 1 atom stereocenters. The van der Waals surface area contributed by atoms with Crippen LogP contribution in [0, 0.1) is 11.2 Å². The number of hydrogen-bond donors (Lipinski definition) is 3. The maximum absolute atomic E-state index is 12.9. The van der Waals surface area contributed by atoms with Gasteiger partial charge in [-0.05, 0) is 46.7 Å². The van der Waals surface area contributed by atoms with Gasteiger partial charge in [0.05, 0.1) is 21.8 Å². The van der Waals surface area contributed by atoms with Gasteiger partial charge >= 0.3 is 6.03 Å². The molecule has 0 aliphatic heterocycles. The second kappa shape index (κ2) is 7.06. The molecule has 0 radical (unpaired) electrons. The summed E-state index contributed by atoms with van der Waals surface area (Å²) < 4.78 is 12.9. The van der Waals surface area contributed by atoms with E-state index in [0.29, 0.717) is 22.7 Å². The summed E-state index contributed by atoms with van der Waals surface area (Å²) in [6.45, 7) is 4.13. The zero-order valence-electron chi connectivity index (χ0n) is 14.4. The van der Waals surface area contributed by atoms with E-state index in [-0.39, 0.29) is 22.8 Å². The Hall–Kier alpha value is -1.82. The summed E-state index contributed by atoms with van der Waals surface area (Å²) in [4.78, 5) is 12.2. The fraction of sp³-hybridized carbons (Fsp3) is 0.316. The molecule has 0 fully saturated rings. The molecule has 26 heavy (non-hydrogen) atoms. The Morgan fingerprint density at radius 2 is 1.96 bits per heavy atom. The van der Waals surface area contributed by atoms with E-state index >= 15 is 0 Å². The first-order chi connectivity index (χ1) is 12.2. The number of fused-ring (bicyclic) bond motifs is 1. The lowest BCUT2D eigenvalue weighted by Crippen LogP contribution is -2.28. The van der Waals surface area contributed by atoms with Crippen LogP contribution >= 0.6 is 23.2 Å². The van der Waals surface area contributed by atoms with Crippen LogP contribution in [0.5, 0.6) is 0 Å². The molecule has 7 heteroatoms. The number of carbonyl (C=O) groups excluding carboxylic acids is 1. The van der Waals surface area contributed by atoms with Crippen LogP contribution < -0.4 is 10.6 Å². The Kier molecular flexibility index (Phi) is 5.15. The lowest BCUT2D eigenvalue weighted by molar-refractivity contribution is 0.0666. The molecule has 1 aliphatic rings. The summed E-state index contributed by atoms with van der Waals surface area (Å²) >= 11 is 12.7. The van der Waals surface area contributed by atoms with Gasteiger partial charge in [-0.15, -0.1) is 0 Å². The molecule has 3 N–H and O–H groups in total. The highest BCUT2D eigenvalue weighted by atomic mass is 35.5. The molecule has 0 saturated carbocycles. The van der Waals surface area contributed by atoms with Crippen LogP contribution in [0.2, 0.25) is 10.0 Å².